The molecule has 0 bridgehead atoms. The van der Waals surface area contributed by atoms with Crippen molar-refractivity contribution in [2.24, 2.45) is 4.99 Å². The van der Waals surface area contributed by atoms with E-state index in [-0.39, 0.29) is 18.1 Å². The molecule has 0 unspecified atom stereocenters. The summed E-state index contributed by atoms with van der Waals surface area (Å²) in [7, 11) is 0. The van der Waals surface area contributed by atoms with Gasteiger partial charge >= 0.3 is 12.2 Å². The van der Waals surface area contributed by atoms with Gasteiger partial charge in [-0.3, -0.25) is 4.99 Å². The monoisotopic (exact) mass is 493 g/mol. The van der Waals surface area contributed by atoms with Crippen LogP contribution in [-0.4, -0.2) is 43.1 Å². The summed E-state index contributed by atoms with van der Waals surface area (Å²) in [6.45, 7) is 9.40. The van der Waals surface area contributed by atoms with Crippen LogP contribution in [-0.2, 0) is 21.5 Å². The lowest BCUT2D eigenvalue weighted by molar-refractivity contribution is 0.0510. The first-order valence-corrected chi connectivity index (χ1v) is 12.7. The number of nitrogens with one attached hydrogen (secondary N) is 2. The normalized spacial score (nSPS) is 17.7. The van der Waals surface area contributed by atoms with E-state index in [1.165, 1.54) is 11.1 Å². The molecule has 0 aromatic heterocycles. The Labute approximate surface area is 214 Å². The summed E-state index contributed by atoms with van der Waals surface area (Å²) in [6.07, 6.45) is 2.65. The van der Waals surface area contributed by atoms with Crippen molar-refractivity contribution < 1.29 is 19.1 Å². The minimum atomic E-state index is -0.533. The van der Waals surface area contributed by atoms with E-state index >= 15 is 0 Å². The SMILES string of the molecule is Cc1cccc(C2(CNC(=O)OC(C)(C)C)CCC(=NCCNC(=O)OCc3ccccc3)CC2)c1. The summed E-state index contributed by atoms with van der Waals surface area (Å²) < 4.78 is 10.7. The maximum Gasteiger partial charge on any atom is 0.407 e. The second-order valence-electron chi connectivity index (χ2n) is 10.4. The molecule has 2 amide bonds. The molecule has 0 spiro atoms. The van der Waals surface area contributed by atoms with Crippen LogP contribution in [0.1, 0.15) is 63.1 Å². The molecule has 2 aromatic rings. The van der Waals surface area contributed by atoms with Crippen molar-refractivity contribution in [2.75, 3.05) is 19.6 Å². The van der Waals surface area contributed by atoms with E-state index in [0.29, 0.717) is 19.6 Å². The lowest BCUT2D eigenvalue weighted by Gasteiger charge is -2.39. The predicted molar refractivity (Wildman–Crippen MR) is 142 cm³/mol. The van der Waals surface area contributed by atoms with Gasteiger partial charge in [0.15, 0.2) is 0 Å². The Morgan fingerprint density at radius 3 is 2.36 bits per heavy atom. The van der Waals surface area contributed by atoms with E-state index in [4.69, 9.17) is 14.5 Å². The third-order valence-electron chi connectivity index (χ3n) is 6.31. The highest BCUT2D eigenvalue weighted by molar-refractivity contribution is 5.85. The number of aliphatic imine (C=N–C) groups is 1. The van der Waals surface area contributed by atoms with Gasteiger partial charge in [-0.15, -0.1) is 0 Å². The van der Waals surface area contributed by atoms with Gasteiger partial charge in [-0.05, 0) is 64.5 Å². The Hall–Kier alpha value is -3.35. The van der Waals surface area contributed by atoms with Crippen molar-refractivity contribution >= 4 is 17.9 Å². The van der Waals surface area contributed by atoms with Crippen LogP contribution in [0.3, 0.4) is 0 Å². The van der Waals surface area contributed by atoms with E-state index < -0.39 is 11.7 Å². The Balaban J connectivity index is 1.51. The molecule has 7 nitrogen and oxygen atoms in total. The molecule has 1 aliphatic carbocycles. The Kier molecular flexibility index (Phi) is 9.51. The number of hydrogen-bond donors (Lipinski definition) is 2. The molecule has 36 heavy (non-hydrogen) atoms. The van der Waals surface area contributed by atoms with Crippen LogP contribution >= 0.6 is 0 Å². The fourth-order valence-corrected chi connectivity index (χ4v) is 4.42. The van der Waals surface area contributed by atoms with E-state index in [9.17, 15) is 9.59 Å². The molecule has 2 N–H and O–H groups in total. The first-order chi connectivity index (χ1) is 17.2. The number of rotatable bonds is 8. The van der Waals surface area contributed by atoms with Gasteiger partial charge in [0.1, 0.15) is 12.2 Å². The molecule has 2 aromatic carbocycles. The number of nitrogens with zero attached hydrogens (tertiary/aromatic N) is 1. The average Bonchev–Trinajstić information content (AvgIpc) is 2.84. The minimum Gasteiger partial charge on any atom is -0.445 e. The zero-order valence-electron chi connectivity index (χ0n) is 21.9. The van der Waals surface area contributed by atoms with Crippen LogP contribution in [0.15, 0.2) is 59.6 Å². The van der Waals surface area contributed by atoms with Crippen molar-refractivity contribution in [3.05, 3.63) is 71.3 Å². The first-order valence-electron chi connectivity index (χ1n) is 12.7. The first kappa shape index (κ1) is 27.2. The molecule has 1 aliphatic rings. The molecule has 3 rings (SSSR count). The largest absolute Gasteiger partial charge is 0.445 e. The van der Waals surface area contributed by atoms with Crippen LogP contribution < -0.4 is 10.6 Å². The molecule has 194 valence electrons. The van der Waals surface area contributed by atoms with Crippen LogP contribution in [0.2, 0.25) is 0 Å². The smallest absolute Gasteiger partial charge is 0.407 e. The molecule has 0 aliphatic heterocycles. The standard InChI is InChI=1S/C29H39N3O4/c1-22-9-8-12-24(19-22)29(21-32-27(34)36-28(2,3)4)15-13-25(14-16-29)30-17-18-31-26(33)35-20-23-10-6-5-7-11-23/h5-12,19H,13-18,20-21H2,1-4H3,(H,31,33)(H,32,34). The van der Waals surface area contributed by atoms with Crippen molar-refractivity contribution in [3.8, 4) is 0 Å². The summed E-state index contributed by atoms with van der Waals surface area (Å²) in [5.74, 6) is 0. The average molecular weight is 494 g/mol. The third kappa shape index (κ3) is 8.70. The molecule has 0 radical (unpaired) electrons. The lowest BCUT2D eigenvalue weighted by Crippen LogP contribution is -2.45. The highest BCUT2D eigenvalue weighted by atomic mass is 16.6. The topological polar surface area (TPSA) is 89.0 Å². The molecule has 1 saturated carbocycles. The van der Waals surface area contributed by atoms with Crippen molar-refractivity contribution in [3.63, 3.8) is 0 Å². The summed E-state index contributed by atoms with van der Waals surface area (Å²) >= 11 is 0. The molecule has 0 atom stereocenters. The van der Waals surface area contributed by atoms with Gasteiger partial charge in [0.2, 0.25) is 0 Å². The van der Waals surface area contributed by atoms with Gasteiger partial charge in [-0.25, -0.2) is 9.59 Å². The summed E-state index contributed by atoms with van der Waals surface area (Å²) in [6, 6.07) is 18.1. The molecule has 7 heteroatoms. The lowest BCUT2D eigenvalue weighted by atomic mass is 9.68. The molecule has 1 fully saturated rings. The van der Waals surface area contributed by atoms with Gasteiger partial charge in [0, 0.05) is 24.2 Å². The molecule has 0 saturated heterocycles. The van der Waals surface area contributed by atoms with Crippen LogP contribution in [0, 0.1) is 6.92 Å². The number of alkyl carbamates (subject to hydrolysis) is 2. The van der Waals surface area contributed by atoms with E-state index in [2.05, 4.69) is 41.8 Å². The Morgan fingerprint density at radius 1 is 0.972 bits per heavy atom. The second-order valence-corrected chi connectivity index (χ2v) is 10.4. The van der Waals surface area contributed by atoms with Crippen LogP contribution in [0.5, 0.6) is 0 Å². The van der Waals surface area contributed by atoms with Crippen molar-refractivity contribution in [2.45, 2.75) is 71.0 Å². The van der Waals surface area contributed by atoms with Crippen LogP contribution in [0.25, 0.3) is 0 Å². The number of carbonyl (C=O) groups excluding carboxylic acids is 2. The molecular formula is C29H39N3O4. The zero-order chi connectivity index (χ0) is 26.0. The Morgan fingerprint density at radius 2 is 1.69 bits per heavy atom. The summed E-state index contributed by atoms with van der Waals surface area (Å²) in [4.78, 5) is 29.0. The van der Waals surface area contributed by atoms with Gasteiger partial charge in [0.05, 0.1) is 6.54 Å². The predicted octanol–water partition coefficient (Wildman–Crippen LogP) is 5.70. The number of ether oxygens (including phenoxy) is 2. The highest BCUT2D eigenvalue weighted by Crippen LogP contribution is 2.38. The third-order valence-corrected chi connectivity index (χ3v) is 6.31. The number of amides is 2. The van der Waals surface area contributed by atoms with Gasteiger partial charge in [0.25, 0.3) is 0 Å². The zero-order valence-corrected chi connectivity index (χ0v) is 21.9. The number of hydrogen-bond acceptors (Lipinski definition) is 5. The van der Waals surface area contributed by atoms with E-state index in [1.54, 1.807) is 0 Å². The summed E-state index contributed by atoms with van der Waals surface area (Å²) in [5.41, 5.74) is 3.84. The second kappa shape index (κ2) is 12.6. The fourth-order valence-electron chi connectivity index (χ4n) is 4.42. The summed E-state index contributed by atoms with van der Waals surface area (Å²) in [5, 5.41) is 5.77. The molecular weight excluding hydrogens is 454 g/mol. The van der Waals surface area contributed by atoms with E-state index in [0.717, 1.165) is 37.0 Å². The molecule has 0 heterocycles. The number of carbonyl (C=O) groups is 2. The van der Waals surface area contributed by atoms with Gasteiger partial charge in [-0.2, -0.15) is 0 Å². The maximum atomic E-state index is 12.4. The fraction of sp³-hybridized carbons (Fsp3) is 0.483. The highest BCUT2D eigenvalue weighted by Gasteiger charge is 2.36. The van der Waals surface area contributed by atoms with Crippen LogP contribution in [0.4, 0.5) is 9.59 Å². The van der Waals surface area contributed by atoms with Crippen molar-refractivity contribution in [1.82, 2.24) is 10.6 Å². The van der Waals surface area contributed by atoms with Gasteiger partial charge in [-0.1, -0.05) is 60.2 Å². The van der Waals surface area contributed by atoms with E-state index in [1.807, 2.05) is 51.1 Å². The van der Waals surface area contributed by atoms with Gasteiger partial charge < -0.3 is 20.1 Å². The minimum absolute atomic E-state index is 0.165. The number of aryl methyl sites for hydroxylation is 1. The van der Waals surface area contributed by atoms with Crippen molar-refractivity contribution in [1.29, 1.82) is 0 Å². The maximum absolute atomic E-state index is 12.4. The number of benzene rings is 2. The Bertz CT molecular complexity index is 1030. The quantitative estimate of drug-likeness (QED) is 0.462.